The van der Waals surface area contributed by atoms with Gasteiger partial charge in [-0.15, -0.1) is 15.3 Å². The summed E-state index contributed by atoms with van der Waals surface area (Å²) in [5.41, 5.74) is 1.15. The highest BCUT2D eigenvalue weighted by Crippen LogP contribution is 2.35. The normalized spacial score (nSPS) is 16.7. The number of hydrogen-bond donors (Lipinski definition) is 0. The second kappa shape index (κ2) is 8.73. The molecule has 3 aromatic rings. The van der Waals surface area contributed by atoms with Crippen molar-refractivity contribution in [3.8, 4) is 22.0 Å². The maximum atomic E-state index is 12.8. The van der Waals surface area contributed by atoms with Crippen LogP contribution in [0.3, 0.4) is 0 Å². The first-order valence-electron chi connectivity index (χ1n) is 9.37. The summed E-state index contributed by atoms with van der Waals surface area (Å²) in [6.45, 7) is 2.67. The SMILES string of the molecule is CCn1c(SCC2C=CC(C(F)(F)F)=CC2)nnc1-c1snnc1-c1ccccc1. The number of aromatic nitrogens is 5. The molecular weight excluding hydrogens is 431 g/mol. The molecule has 0 fully saturated rings. The van der Waals surface area contributed by atoms with Crippen molar-refractivity contribution >= 4 is 23.3 Å². The van der Waals surface area contributed by atoms with Gasteiger partial charge < -0.3 is 4.57 Å². The zero-order valence-electron chi connectivity index (χ0n) is 16.0. The summed E-state index contributed by atoms with van der Waals surface area (Å²) in [7, 11) is 0. The van der Waals surface area contributed by atoms with Crippen molar-refractivity contribution in [2.24, 2.45) is 5.92 Å². The van der Waals surface area contributed by atoms with Gasteiger partial charge in [0.2, 0.25) is 0 Å². The Hall–Kier alpha value is -2.46. The Bertz CT molecular complexity index is 1070. The Morgan fingerprint density at radius 2 is 1.97 bits per heavy atom. The average molecular weight is 450 g/mol. The number of alkyl halides is 3. The third-order valence-corrected chi connectivity index (χ3v) is 6.59. The molecule has 0 saturated carbocycles. The topological polar surface area (TPSA) is 56.5 Å². The Balaban J connectivity index is 1.50. The molecule has 5 nitrogen and oxygen atoms in total. The van der Waals surface area contributed by atoms with Gasteiger partial charge in [0.1, 0.15) is 10.6 Å². The number of nitrogens with zero attached hydrogens (tertiary/aromatic N) is 5. The summed E-state index contributed by atoms with van der Waals surface area (Å²) in [6.07, 6.45) is 0.133. The minimum Gasteiger partial charge on any atom is -0.302 e. The molecule has 0 amide bonds. The molecule has 156 valence electrons. The Kier molecular flexibility index (Phi) is 6.05. The largest absolute Gasteiger partial charge is 0.416 e. The second-order valence-electron chi connectivity index (χ2n) is 6.69. The third-order valence-electron chi connectivity index (χ3n) is 4.71. The van der Waals surface area contributed by atoms with E-state index in [1.165, 1.54) is 35.4 Å². The van der Waals surface area contributed by atoms with Gasteiger partial charge in [-0.05, 0) is 30.8 Å². The number of hydrogen-bond acceptors (Lipinski definition) is 6. The lowest BCUT2D eigenvalue weighted by Gasteiger charge is -2.17. The first-order valence-corrected chi connectivity index (χ1v) is 11.1. The summed E-state index contributed by atoms with van der Waals surface area (Å²) >= 11 is 2.77. The van der Waals surface area contributed by atoms with Gasteiger partial charge in [-0.2, -0.15) is 13.2 Å². The summed E-state index contributed by atoms with van der Waals surface area (Å²) < 4.78 is 44.4. The van der Waals surface area contributed by atoms with Crippen molar-refractivity contribution < 1.29 is 13.2 Å². The molecule has 1 aliphatic carbocycles. The summed E-state index contributed by atoms with van der Waals surface area (Å²) in [5, 5.41) is 13.7. The molecule has 1 unspecified atom stereocenters. The monoisotopic (exact) mass is 449 g/mol. The van der Waals surface area contributed by atoms with Crippen LogP contribution in [-0.2, 0) is 6.54 Å². The summed E-state index contributed by atoms with van der Waals surface area (Å²) in [5.74, 6) is 1.35. The van der Waals surface area contributed by atoms with E-state index in [0.29, 0.717) is 24.5 Å². The quantitative estimate of drug-likeness (QED) is 0.456. The standard InChI is InChI=1S/C20H18F3N5S2/c1-2-28-18(17-16(24-27-30-17)14-6-4-3-5-7-14)25-26-19(28)29-12-13-8-10-15(11-9-13)20(21,22)23/h3-8,10-11,13H,2,9,12H2,1H3. The number of benzene rings is 1. The Morgan fingerprint density at radius 3 is 2.63 bits per heavy atom. The zero-order chi connectivity index (χ0) is 21.1. The van der Waals surface area contributed by atoms with Crippen molar-refractivity contribution in [2.75, 3.05) is 5.75 Å². The van der Waals surface area contributed by atoms with Crippen LogP contribution in [-0.4, -0.2) is 36.3 Å². The van der Waals surface area contributed by atoms with E-state index in [1.807, 2.05) is 41.8 Å². The van der Waals surface area contributed by atoms with E-state index in [9.17, 15) is 13.2 Å². The van der Waals surface area contributed by atoms with E-state index in [1.54, 1.807) is 6.08 Å². The molecule has 0 saturated heterocycles. The fourth-order valence-corrected chi connectivity index (χ4v) is 4.91. The number of rotatable bonds is 6. The molecule has 0 aliphatic heterocycles. The molecule has 0 spiro atoms. The molecular formula is C20H18F3N5S2. The molecule has 0 radical (unpaired) electrons. The van der Waals surface area contributed by atoms with Gasteiger partial charge in [0.25, 0.3) is 0 Å². The van der Waals surface area contributed by atoms with Crippen LogP contribution in [0.1, 0.15) is 13.3 Å². The van der Waals surface area contributed by atoms with Gasteiger partial charge in [0, 0.05) is 17.9 Å². The van der Waals surface area contributed by atoms with E-state index in [0.717, 1.165) is 21.3 Å². The lowest BCUT2D eigenvalue weighted by Crippen LogP contribution is -2.14. The fourth-order valence-electron chi connectivity index (χ4n) is 3.15. The fraction of sp³-hybridized carbons (Fsp3) is 0.300. The van der Waals surface area contributed by atoms with Crippen LogP contribution in [0.5, 0.6) is 0 Å². The van der Waals surface area contributed by atoms with Gasteiger partial charge >= 0.3 is 6.18 Å². The maximum absolute atomic E-state index is 12.8. The molecule has 1 aromatic carbocycles. The molecule has 1 atom stereocenters. The smallest absolute Gasteiger partial charge is 0.302 e. The van der Waals surface area contributed by atoms with Crippen molar-refractivity contribution in [1.82, 2.24) is 24.4 Å². The van der Waals surface area contributed by atoms with Gasteiger partial charge in [0.15, 0.2) is 11.0 Å². The van der Waals surface area contributed by atoms with Gasteiger partial charge in [-0.1, -0.05) is 64.8 Å². The highest BCUT2D eigenvalue weighted by atomic mass is 32.2. The minimum absolute atomic E-state index is 0.0245. The molecule has 2 heterocycles. The van der Waals surface area contributed by atoms with Crippen molar-refractivity contribution in [2.45, 2.75) is 31.2 Å². The zero-order valence-corrected chi connectivity index (χ0v) is 17.6. The molecule has 1 aliphatic rings. The maximum Gasteiger partial charge on any atom is 0.416 e. The van der Waals surface area contributed by atoms with Crippen LogP contribution in [0.2, 0.25) is 0 Å². The Morgan fingerprint density at radius 1 is 1.17 bits per heavy atom. The molecule has 30 heavy (non-hydrogen) atoms. The van der Waals surface area contributed by atoms with Gasteiger partial charge in [-0.25, -0.2) is 0 Å². The van der Waals surface area contributed by atoms with Gasteiger partial charge in [0.05, 0.1) is 5.57 Å². The summed E-state index contributed by atoms with van der Waals surface area (Å²) in [4.78, 5) is 0.845. The van der Waals surface area contributed by atoms with E-state index in [-0.39, 0.29) is 5.92 Å². The minimum atomic E-state index is -4.29. The lowest BCUT2D eigenvalue weighted by molar-refractivity contribution is -0.0887. The van der Waals surface area contributed by atoms with E-state index in [4.69, 9.17) is 0 Å². The van der Waals surface area contributed by atoms with E-state index in [2.05, 4.69) is 19.8 Å². The number of allylic oxidation sites excluding steroid dienone is 4. The second-order valence-corrected chi connectivity index (χ2v) is 8.43. The van der Waals surface area contributed by atoms with Crippen LogP contribution < -0.4 is 0 Å². The molecule has 2 aromatic heterocycles. The predicted octanol–water partition coefficient (Wildman–Crippen LogP) is 5.64. The summed E-state index contributed by atoms with van der Waals surface area (Å²) in [6, 6.07) is 9.78. The van der Waals surface area contributed by atoms with Crippen LogP contribution >= 0.6 is 23.3 Å². The predicted molar refractivity (Wildman–Crippen MR) is 112 cm³/mol. The lowest BCUT2D eigenvalue weighted by atomic mass is 9.98. The van der Waals surface area contributed by atoms with Crippen LogP contribution in [0, 0.1) is 5.92 Å². The number of halogens is 3. The van der Waals surface area contributed by atoms with Crippen LogP contribution in [0.4, 0.5) is 13.2 Å². The van der Waals surface area contributed by atoms with E-state index < -0.39 is 11.7 Å². The first-order chi connectivity index (χ1) is 14.5. The van der Waals surface area contributed by atoms with Crippen LogP contribution in [0.25, 0.3) is 22.0 Å². The highest BCUT2D eigenvalue weighted by molar-refractivity contribution is 7.99. The number of thioether (sulfide) groups is 1. The molecule has 10 heteroatoms. The van der Waals surface area contributed by atoms with Crippen LogP contribution in [0.15, 0.2) is 59.3 Å². The van der Waals surface area contributed by atoms with Gasteiger partial charge in [-0.3, -0.25) is 0 Å². The molecule has 0 bridgehead atoms. The molecule has 4 rings (SSSR count). The Labute approximate surface area is 179 Å². The van der Waals surface area contributed by atoms with Crippen molar-refractivity contribution in [3.05, 3.63) is 54.1 Å². The third kappa shape index (κ3) is 4.34. The first kappa shape index (κ1) is 20.8. The molecule has 0 N–H and O–H groups in total. The van der Waals surface area contributed by atoms with E-state index >= 15 is 0 Å². The highest BCUT2D eigenvalue weighted by Gasteiger charge is 2.33. The van der Waals surface area contributed by atoms with Crippen molar-refractivity contribution in [3.63, 3.8) is 0 Å². The van der Waals surface area contributed by atoms with Crippen molar-refractivity contribution in [1.29, 1.82) is 0 Å². The average Bonchev–Trinajstić information content (AvgIpc) is 3.39.